The lowest BCUT2D eigenvalue weighted by Crippen LogP contribution is -2.44. The van der Waals surface area contributed by atoms with Crippen LogP contribution in [-0.4, -0.2) is 43.3 Å². The summed E-state index contributed by atoms with van der Waals surface area (Å²) in [6.07, 6.45) is 5.30. The molecule has 0 amide bonds. The molecule has 0 aromatic heterocycles. The SMILES string of the molecule is CN(CCOC(C)(C)C)C1CCCCC1CN. The van der Waals surface area contributed by atoms with Crippen LogP contribution < -0.4 is 5.73 Å². The minimum Gasteiger partial charge on any atom is -0.375 e. The number of rotatable bonds is 5. The van der Waals surface area contributed by atoms with Crippen LogP contribution in [-0.2, 0) is 4.74 Å². The third kappa shape index (κ3) is 5.36. The Bertz CT molecular complexity index is 213. The van der Waals surface area contributed by atoms with Gasteiger partial charge in [-0.1, -0.05) is 12.8 Å². The molecule has 0 radical (unpaired) electrons. The van der Waals surface area contributed by atoms with Gasteiger partial charge in [-0.3, -0.25) is 0 Å². The van der Waals surface area contributed by atoms with Crippen molar-refractivity contribution in [3.63, 3.8) is 0 Å². The Hall–Kier alpha value is -0.120. The molecule has 2 unspecified atom stereocenters. The predicted octanol–water partition coefficient (Wildman–Crippen LogP) is 2.25. The highest BCUT2D eigenvalue weighted by atomic mass is 16.5. The highest BCUT2D eigenvalue weighted by molar-refractivity contribution is 4.82. The molecule has 102 valence electrons. The van der Waals surface area contributed by atoms with E-state index in [2.05, 4.69) is 32.7 Å². The van der Waals surface area contributed by atoms with Crippen molar-refractivity contribution in [3.05, 3.63) is 0 Å². The molecule has 1 rings (SSSR count). The largest absolute Gasteiger partial charge is 0.375 e. The summed E-state index contributed by atoms with van der Waals surface area (Å²) in [5.74, 6) is 0.684. The van der Waals surface area contributed by atoms with Crippen LogP contribution in [0.4, 0.5) is 0 Å². The fraction of sp³-hybridized carbons (Fsp3) is 1.00. The minimum atomic E-state index is -0.0271. The van der Waals surface area contributed by atoms with Crippen LogP contribution in [0.2, 0.25) is 0 Å². The first-order valence-electron chi connectivity index (χ1n) is 6.98. The second kappa shape index (κ2) is 6.72. The molecule has 0 aromatic carbocycles. The van der Waals surface area contributed by atoms with E-state index in [1.54, 1.807) is 0 Å². The molecule has 2 N–H and O–H groups in total. The maximum atomic E-state index is 5.87. The standard InChI is InChI=1S/C14H30N2O/c1-14(2,3)17-10-9-16(4)13-8-6-5-7-12(13)11-15/h12-13H,5-11,15H2,1-4H3. The maximum Gasteiger partial charge on any atom is 0.0600 e. The van der Waals surface area contributed by atoms with E-state index in [1.165, 1.54) is 25.7 Å². The molecular formula is C14H30N2O. The number of hydrogen-bond acceptors (Lipinski definition) is 3. The van der Waals surface area contributed by atoms with E-state index in [1.807, 2.05) is 0 Å². The molecule has 1 aliphatic rings. The molecular weight excluding hydrogens is 212 g/mol. The van der Waals surface area contributed by atoms with Gasteiger partial charge in [-0.2, -0.15) is 0 Å². The Kier molecular flexibility index (Phi) is 5.90. The summed E-state index contributed by atoms with van der Waals surface area (Å²) in [5, 5.41) is 0. The number of nitrogens with two attached hydrogens (primary N) is 1. The number of likely N-dealkylation sites (N-methyl/N-ethyl adjacent to an activating group) is 1. The number of hydrogen-bond donors (Lipinski definition) is 1. The van der Waals surface area contributed by atoms with Gasteiger partial charge in [-0.25, -0.2) is 0 Å². The highest BCUT2D eigenvalue weighted by Crippen LogP contribution is 2.27. The fourth-order valence-electron chi connectivity index (χ4n) is 2.70. The number of nitrogens with zero attached hydrogens (tertiary/aromatic N) is 1. The van der Waals surface area contributed by atoms with E-state index >= 15 is 0 Å². The smallest absolute Gasteiger partial charge is 0.0600 e. The average Bonchev–Trinajstić information content (AvgIpc) is 2.27. The molecule has 3 heteroatoms. The summed E-state index contributed by atoms with van der Waals surface area (Å²) in [6, 6.07) is 0.664. The van der Waals surface area contributed by atoms with E-state index in [0.29, 0.717) is 12.0 Å². The molecule has 0 aromatic rings. The van der Waals surface area contributed by atoms with Gasteiger partial charge in [0, 0.05) is 12.6 Å². The van der Waals surface area contributed by atoms with Crippen LogP contribution >= 0.6 is 0 Å². The molecule has 0 aliphatic heterocycles. The first-order valence-corrected chi connectivity index (χ1v) is 6.98. The second-order valence-electron chi connectivity index (χ2n) is 6.29. The van der Waals surface area contributed by atoms with E-state index < -0.39 is 0 Å². The van der Waals surface area contributed by atoms with Crippen LogP contribution in [0.5, 0.6) is 0 Å². The van der Waals surface area contributed by atoms with Crippen molar-refractivity contribution in [2.24, 2.45) is 11.7 Å². The van der Waals surface area contributed by atoms with E-state index in [4.69, 9.17) is 10.5 Å². The lowest BCUT2D eigenvalue weighted by Gasteiger charge is -2.37. The van der Waals surface area contributed by atoms with Crippen LogP contribution in [0, 0.1) is 5.92 Å². The van der Waals surface area contributed by atoms with Crippen LogP contribution in [0.15, 0.2) is 0 Å². The molecule has 1 saturated carbocycles. The highest BCUT2D eigenvalue weighted by Gasteiger charge is 2.27. The summed E-state index contributed by atoms with van der Waals surface area (Å²) in [4.78, 5) is 2.45. The zero-order valence-electron chi connectivity index (χ0n) is 12.0. The van der Waals surface area contributed by atoms with Gasteiger partial charge in [0.1, 0.15) is 0 Å². The fourth-order valence-corrected chi connectivity index (χ4v) is 2.70. The van der Waals surface area contributed by atoms with Crippen LogP contribution in [0.25, 0.3) is 0 Å². The van der Waals surface area contributed by atoms with Gasteiger partial charge < -0.3 is 15.4 Å². The van der Waals surface area contributed by atoms with Gasteiger partial charge in [-0.05, 0) is 53.1 Å². The monoisotopic (exact) mass is 242 g/mol. The molecule has 2 atom stereocenters. The molecule has 3 nitrogen and oxygen atoms in total. The lowest BCUT2D eigenvalue weighted by molar-refractivity contribution is -0.0191. The van der Waals surface area contributed by atoms with Crippen molar-refractivity contribution in [1.82, 2.24) is 4.90 Å². The van der Waals surface area contributed by atoms with Crippen molar-refractivity contribution in [2.75, 3.05) is 26.7 Å². The van der Waals surface area contributed by atoms with E-state index in [0.717, 1.165) is 19.7 Å². The zero-order chi connectivity index (χ0) is 12.9. The van der Waals surface area contributed by atoms with E-state index in [-0.39, 0.29) is 5.60 Å². The lowest BCUT2D eigenvalue weighted by atomic mass is 9.84. The summed E-state index contributed by atoms with van der Waals surface area (Å²) in [5.41, 5.74) is 5.84. The van der Waals surface area contributed by atoms with Crippen LogP contribution in [0.3, 0.4) is 0 Å². The van der Waals surface area contributed by atoms with Crippen molar-refractivity contribution < 1.29 is 4.74 Å². The second-order valence-corrected chi connectivity index (χ2v) is 6.29. The van der Waals surface area contributed by atoms with Gasteiger partial charge in [0.15, 0.2) is 0 Å². The molecule has 0 spiro atoms. The Morgan fingerprint density at radius 2 is 1.88 bits per heavy atom. The Morgan fingerprint density at radius 1 is 1.24 bits per heavy atom. The van der Waals surface area contributed by atoms with Crippen molar-refractivity contribution in [1.29, 1.82) is 0 Å². The third-order valence-corrected chi connectivity index (χ3v) is 3.72. The Morgan fingerprint density at radius 3 is 2.47 bits per heavy atom. The molecule has 17 heavy (non-hydrogen) atoms. The Labute approximate surface area is 107 Å². The quantitative estimate of drug-likeness (QED) is 0.803. The van der Waals surface area contributed by atoms with Gasteiger partial charge in [-0.15, -0.1) is 0 Å². The van der Waals surface area contributed by atoms with E-state index in [9.17, 15) is 0 Å². The normalized spacial score (nSPS) is 26.5. The molecule has 0 bridgehead atoms. The van der Waals surface area contributed by atoms with Crippen molar-refractivity contribution in [3.8, 4) is 0 Å². The van der Waals surface area contributed by atoms with Gasteiger partial charge >= 0.3 is 0 Å². The first-order chi connectivity index (χ1) is 7.94. The topological polar surface area (TPSA) is 38.5 Å². The molecule has 0 heterocycles. The maximum absolute atomic E-state index is 5.87. The summed E-state index contributed by atoms with van der Waals surface area (Å²) in [7, 11) is 2.21. The molecule has 0 saturated heterocycles. The van der Waals surface area contributed by atoms with Crippen LogP contribution in [0.1, 0.15) is 46.5 Å². The zero-order valence-corrected chi connectivity index (χ0v) is 12.0. The van der Waals surface area contributed by atoms with Gasteiger partial charge in [0.05, 0.1) is 12.2 Å². The summed E-state index contributed by atoms with van der Waals surface area (Å²) in [6.45, 7) is 8.98. The summed E-state index contributed by atoms with van der Waals surface area (Å²) < 4.78 is 5.79. The molecule has 1 fully saturated rings. The van der Waals surface area contributed by atoms with Gasteiger partial charge in [0.2, 0.25) is 0 Å². The number of ether oxygens (including phenoxy) is 1. The minimum absolute atomic E-state index is 0.0271. The Balaban J connectivity index is 2.32. The predicted molar refractivity (Wildman–Crippen MR) is 73.1 cm³/mol. The first kappa shape index (κ1) is 14.9. The van der Waals surface area contributed by atoms with Crippen molar-refractivity contribution in [2.45, 2.75) is 58.1 Å². The average molecular weight is 242 g/mol. The van der Waals surface area contributed by atoms with Gasteiger partial charge in [0.25, 0.3) is 0 Å². The molecule has 1 aliphatic carbocycles. The van der Waals surface area contributed by atoms with Crippen molar-refractivity contribution >= 4 is 0 Å². The summed E-state index contributed by atoms with van der Waals surface area (Å²) >= 11 is 0. The third-order valence-electron chi connectivity index (χ3n) is 3.72.